The van der Waals surface area contributed by atoms with E-state index in [1.54, 1.807) is 18.5 Å². The topological polar surface area (TPSA) is 83.3 Å². The molecule has 0 saturated heterocycles. The summed E-state index contributed by atoms with van der Waals surface area (Å²) in [6.45, 7) is 2.23. The lowest BCUT2D eigenvalue weighted by Crippen LogP contribution is -2.09. The Kier molecular flexibility index (Phi) is 4.40. The zero-order valence-corrected chi connectivity index (χ0v) is 16.1. The number of aryl methyl sites for hydroxylation is 1. The molecular weight excluding hydrogens is 382 g/mol. The molecule has 5 rings (SSSR count). The Morgan fingerprint density at radius 1 is 1.00 bits per heavy atom. The summed E-state index contributed by atoms with van der Waals surface area (Å²) in [5.41, 5.74) is 1.58. The molecule has 0 aliphatic carbocycles. The number of furan rings is 1. The van der Waals surface area contributed by atoms with Crippen molar-refractivity contribution in [3.05, 3.63) is 94.8 Å². The summed E-state index contributed by atoms with van der Waals surface area (Å²) in [5.74, 6) is 2.60. The fourth-order valence-electron chi connectivity index (χ4n) is 3.26. The predicted molar refractivity (Wildman–Crippen MR) is 111 cm³/mol. The highest BCUT2D eigenvalue weighted by molar-refractivity contribution is 5.80. The zero-order valence-electron chi connectivity index (χ0n) is 16.1. The van der Waals surface area contributed by atoms with Crippen LogP contribution in [0.3, 0.4) is 0 Å². The second-order valence-electron chi connectivity index (χ2n) is 6.84. The smallest absolute Gasteiger partial charge is 0.283 e. The average molecular weight is 399 g/mol. The Morgan fingerprint density at radius 3 is 2.67 bits per heavy atom. The van der Waals surface area contributed by atoms with Gasteiger partial charge in [-0.2, -0.15) is 0 Å². The number of para-hydroxylation sites is 1. The SMILES string of the molecule is Cc1ccoc1-c1nnc(Cn2ccc(=O)c3cc(Oc4ccccc4)ccc32)o1. The van der Waals surface area contributed by atoms with Gasteiger partial charge in [-0.05, 0) is 43.3 Å². The fraction of sp³-hybridized carbons (Fsp3) is 0.0870. The largest absolute Gasteiger partial charge is 0.459 e. The van der Waals surface area contributed by atoms with Crippen molar-refractivity contribution in [3.8, 4) is 23.1 Å². The third-order valence-corrected chi connectivity index (χ3v) is 4.76. The van der Waals surface area contributed by atoms with E-state index in [9.17, 15) is 4.79 Å². The van der Waals surface area contributed by atoms with Gasteiger partial charge >= 0.3 is 0 Å². The van der Waals surface area contributed by atoms with Gasteiger partial charge in [0.25, 0.3) is 5.89 Å². The molecule has 7 nitrogen and oxygen atoms in total. The van der Waals surface area contributed by atoms with Crippen molar-refractivity contribution in [3.63, 3.8) is 0 Å². The van der Waals surface area contributed by atoms with Crippen molar-refractivity contribution in [2.75, 3.05) is 0 Å². The van der Waals surface area contributed by atoms with Crippen LogP contribution >= 0.6 is 0 Å². The molecule has 0 aliphatic heterocycles. The summed E-state index contributed by atoms with van der Waals surface area (Å²) in [6, 6.07) is 18.2. The Labute approximate surface area is 171 Å². The van der Waals surface area contributed by atoms with Crippen LogP contribution in [0.5, 0.6) is 11.5 Å². The van der Waals surface area contributed by atoms with E-state index in [1.165, 1.54) is 6.07 Å². The van der Waals surface area contributed by atoms with Crippen LogP contribution in [0.25, 0.3) is 22.6 Å². The van der Waals surface area contributed by atoms with E-state index in [4.69, 9.17) is 13.6 Å². The van der Waals surface area contributed by atoms with E-state index in [2.05, 4.69) is 10.2 Å². The van der Waals surface area contributed by atoms with Gasteiger partial charge in [0.2, 0.25) is 5.89 Å². The first-order chi connectivity index (χ1) is 14.7. The van der Waals surface area contributed by atoms with E-state index < -0.39 is 0 Å². The summed E-state index contributed by atoms with van der Waals surface area (Å²) in [6.07, 6.45) is 3.29. The van der Waals surface area contributed by atoms with Crippen molar-refractivity contribution in [1.29, 1.82) is 0 Å². The van der Waals surface area contributed by atoms with Gasteiger partial charge in [0.05, 0.1) is 11.8 Å². The molecule has 0 bridgehead atoms. The average Bonchev–Trinajstić information content (AvgIpc) is 3.39. The highest BCUT2D eigenvalue weighted by Crippen LogP contribution is 2.26. The zero-order chi connectivity index (χ0) is 20.5. The van der Waals surface area contributed by atoms with Gasteiger partial charge in [-0.25, -0.2) is 0 Å². The van der Waals surface area contributed by atoms with Gasteiger partial charge in [0.15, 0.2) is 11.2 Å². The maximum absolute atomic E-state index is 12.5. The quantitative estimate of drug-likeness (QED) is 0.422. The summed E-state index contributed by atoms with van der Waals surface area (Å²) in [5, 5.41) is 8.73. The monoisotopic (exact) mass is 399 g/mol. The van der Waals surface area contributed by atoms with Crippen molar-refractivity contribution >= 4 is 10.9 Å². The number of pyridine rings is 1. The molecule has 0 unspecified atom stereocenters. The Morgan fingerprint density at radius 2 is 1.87 bits per heavy atom. The van der Waals surface area contributed by atoms with E-state index in [0.29, 0.717) is 41.0 Å². The molecule has 0 radical (unpaired) electrons. The third kappa shape index (κ3) is 3.37. The summed E-state index contributed by atoms with van der Waals surface area (Å²) in [7, 11) is 0. The minimum Gasteiger partial charge on any atom is -0.459 e. The van der Waals surface area contributed by atoms with Crippen molar-refractivity contribution < 1.29 is 13.6 Å². The molecule has 30 heavy (non-hydrogen) atoms. The fourth-order valence-corrected chi connectivity index (χ4v) is 3.26. The maximum atomic E-state index is 12.5. The molecular formula is C23H17N3O4. The van der Waals surface area contributed by atoms with Crippen LogP contribution in [-0.2, 0) is 6.54 Å². The highest BCUT2D eigenvalue weighted by Gasteiger charge is 2.15. The van der Waals surface area contributed by atoms with Gasteiger partial charge in [0, 0.05) is 23.2 Å². The number of rotatable bonds is 5. The second-order valence-corrected chi connectivity index (χ2v) is 6.84. The van der Waals surface area contributed by atoms with Crippen molar-refractivity contribution in [2.45, 2.75) is 13.5 Å². The molecule has 7 heteroatoms. The molecule has 0 atom stereocenters. The highest BCUT2D eigenvalue weighted by atomic mass is 16.5. The minimum absolute atomic E-state index is 0.0859. The lowest BCUT2D eigenvalue weighted by molar-refractivity contribution is 0.469. The minimum atomic E-state index is -0.0859. The molecule has 5 aromatic rings. The van der Waals surface area contributed by atoms with Gasteiger partial charge in [0.1, 0.15) is 18.0 Å². The third-order valence-electron chi connectivity index (χ3n) is 4.76. The van der Waals surface area contributed by atoms with E-state index in [-0.39, 0.29) is 5.43 Å². The number of aromatic nitrogens is 3. The van der Waals surface area contributed by atoms with Gasteiger partial charge < -0.3 is 18.1 Å². The summed E-state index contributed by atoms with van der Waals surface area (Å²) >= 11 is 0. The molecule has 3 heterocycles. The van der Waals surface area contributed by atoms with Crippen LogP contribution in [0, 0.1) is 6.92 Å². The number of ether oxygens (including phenoxy) is 1. The maximum Gasteiger partial charge on any atom is 0.283 e. The van der Waals surface area contributed by atoms with Crippen LogP contribution in [0.2, 0.25) is 0 Å². The first kappa shape index (κ1) is 17.9. The molecule has 0 fully saturated rings. The van der Waals surface area contributed by atoms with Crippen LogP contribution in [0.4, 0.5) is 0 Å². The molecule has 0 N–H and O–H groups in total. The summed E-state index contributed by atoms with van der Waals surface area (Å²) in [4.78, 5) is 12.5. The lowest BCUT2D eigenvalue weighted by Gasteiger charge is -2.10. The van der Waals surface area contributed by atoms with Gasteiger partial charge in [-0.3, -0.25) is 4.79 Å². The lowest BCUT2D eigenvalue weighted by atomic mass is 10.2. The molecule has 0 saturated carbocycles. The summed E-state index contributed by atoms with van der Waals surface area (Å²) < 4.78 is 18.9. The standard InChI is InChI=1S/C23H17N3O4/c1-15-10-12-28-22(15)23-25-24-21(30-23)14-26-11-9-20(27)18-13-17(7-8-19(18)26)29-16-5-3-2-4-6-16/h2-13H,14H2,1H3. The molecule has 0 aliphatic rings. The van der Waals surface area contributed by atoms with E-state index in [1.807, 2.05) is 60.0 Å². The number of hydrogen-bond donors (Lipinski definition) is 0. The first-order valence-electron chi connectivity index (χ1n) is 9.40. The number of fused-ring (bicyclic) bond motifs is 1. The van der Waals surface area contributed by atoms with E-state index >= 15 is 0 Å². The van der Waals surface area contributed by atoms with Crippen LogP contribution in [0.1, 0.15) is 11.5 Å². The Bertz CT molecular complexity index is 1380. The molecule has 0 spiro atoms. The predicted octanol–water partition coefficient (Wildman–Crippen LogP) is 4.79. The normalized spacial score (nSPS) is 11.1. The first-order valence-corrected chi connectivity index (χ1v) is 9.40. The Balaban J connectivity index is 1.47. The molecule has 148 valence electrons. The van der Waals surface area contributed by atoms with E-state index in [0.717, 1.165) is 11.1 Å². The number of benzene rings is 2. The molecule has 2 aromatic carbocycles. The Hall–Kier alpha value is -4.13. The van der Waals surface area contributed by atoms with Crippen molar-refractivity contribution in [2.24, 2.45) is 0 Å². The van der Waals surface area contributed by atoms with Crippen LogP contribution in [0.15, 0.2) is 86.8 Å². The number of nitrogens with zero attached hydrogens (tertiary/aromatic N) is 3. The van der Waals surface area contributed by atoms with Crippen molar-refractivity contribution in [1.82, 2.24) is 14.8 Å². The van der Waals surface area contributed by atoms with Crippen LogP contribution < -0.4 is 10.2 Å². The van der Waals surface area contributed by atoms with Gasteiger partial charge in [-0.1, -0.05) is 18.2 Å². The second kappa shape index (κ2) is 7.36. The van der Waals surface area contributed by atoms with Gasteiger partial charge in [-0.15, -0.1) is 10.2 Å². The number of hydrogen-bond acceptors (Lipinski definition) is 6. The molecule has 0 amide bonds. The van der Waals surface area contributed by atoms with Crippen LogP contribution in [-0.4, -0.2) is 14.8 Å². The molecule has 3 aromatic heterocycles.